The quantitative estimate of drug-likeness (QED) is 0.0628. The molecule has 34 heavy (non-hydrogen) atoms. The lowest BCUT2D eigenvalue weighted by atomic mass is 9.73. The van der Waals surface area contributed by atoms with Crippen LogP contribution in [-0.4, -0.2) is 27.8 Å². The molecule has 194 valence electrons. The number of phosphoric ester groups is 1. The molecule has 2 rings (SSSR count). The predicted molar refractivity (Wildman–Crippen MR) is 131 cm³/mol. The molecule has 0 spiro atoms. The van der Waals surface area contributed by atoms with E-state index in [0.717, 1.165) is 43.2 Å². The molecule has 0 heterocycles. The van der Waals surface area contributed by atoms with Gasteiger partial charge >= 0.3 is 14.0 Å². The Balaban J connectivity index is 0.00000544. The number of ether oxygens (including phenoxy) is 2. The third-order valence-electron chi connectivity index (χ3n) is 5.55. The van der Waals surface area contributed by atoms with E-state index in [1.807, 2.05) is 13.8 Å². The molecule has 0 radical (unpaired) electrons. The van der Waals surface area contributed by atoms with Crippen molar-refractivity contribution in [2.24, 2.45) is 5.92 Å². The molecule has 0 amide bonds. The van der Waals surface area contributed by atoms with Crippen molar-refractivity contribution < 1.29 is 38.3 Å². The van der Waals surface area contributed by atoms with Crippen molar-refractivity contribution in [3.05, 3.63) is 47.1 Å². The van der Waals surface area contributed by atoms with Crippen LogP contribution in [0.1, 0.15) is 69.9 Å². The van der Waals surface area contributed by atoms with Crippen LogP contribution in [0.5, 0.6) is 11.5 Å². The number of hydrogen-bond acceptors (Lipinski definition) is 8. The molecule has 0 unspecified atom stereocenters. The van der Waals surface area contributed by atoms with Crippen LogP contribution in [0.4, 0.5) is 4.79 Å². The molecule has 9 N–H and O–H groups in total. The lowest BCUT2D eigenvalue weighted by molar-refractivity contribution is 0.0167. The van der Waals surface area contributed by atoms with Crippen LogP contribution in [0.25, 0.3) is 0 Å². The maximum absolute atomic E-state index is 12.2. The number of allylic oxidation sites excluding steroid dienone is 3. The fourth-order valence-corrected chi connectivity index (χ4v) is 4.17. The summed E-state index contributed by atoms with van der Waals surface area (Å²) in [6.45, 7) is 9.19. The fourth-order valence-electron chi connectivity index (χ4n) is 3.98. The van der Waals surface area contributed by atoms with E-state index in [1.54, 1.807) is 12.1 Å². The van der Waals surface area contributed by atoms with Gasteiger partial charge in [0.1, 0.15) is 11.5 Å². The zero-order valence-electron chi connectivity index (χ0n) is 20.3. The summed E-state index contributed by atoms with van der Waals surface area (Å²) in [7, 11) is -4.78. The number of carbonyl (C=O) groups is 1. The summed E-state index contributed by atoms with van der Waals surface area (Å²) in [5, 5.41) is 10.9. The SMILES string of the molecule is C=C(C)[C@@H]1CCC(C)=C[C@H]1c1c(O)cc(CCCCC)cc1OC(=O)OCOP(=O)(O)O.N.N. The molecule has 2 atom stereocenters. The number of phenols is 1. The van der Waals surface area contributed by atoms with Gasteiger partial charge in [-0.05, 0) is 63.1 Å². The normalized spacial score (nSPS) is 17.6. The third kappa shape index (κ3) is 9.58. The van der Waals surface area contributed by atoms with E-state index in [9.17, 15) is 14.5 Å². The monoisotopic (exact) mass is 502 g/mol. The minimum absolute atomic E-state index is 0. The van der Waals surface area contributed by atoms with Crippen molar-refractivity contribution in [1.82, 2.24) is 12.3 Å². The van der Waals surface area contributed by atoms with E-state index in [0.29, 0.717) is 12.0 Å². The number of aromatic hydroxyl groups is 1. The van der Waals surface area contributed by atoms with Crippen LogP contribution >= 0.6 is 7.82 Å². The van der Waals surface area contributed by atoms with E-state index in [2.05, 4.69) is 28.8 Å². The first-order valence-electron chi connectivity index (χ1n) is 10.7. The number of benzene rings is 1. The van der Waals surface area contributed by atoms with Gasteiger partial charge in [-0.2, -0.15) is 0 Å². The Morgan fingerprint density at radius 1 is 1.24 bits per heavy atom. The topological polar surface area (TPSA) is 193 Å². The zero-order chi connectivity index (χ0) is 23.9. The molecular weight excluding hydrogens is 463 g/mol. The first-order valence-corrected chi connectivity index (χ1v) is 12.3. The second-order valence-electron chi connectivity index (χ2n) is 8.25. The number of aryl methyl sites for hydroxylation is 1. The number of phenolic OH excluding ortho intramolecular Hbond substituents is 1. The smallest absolute Gasteiger partial charge is 0.507 e. The van der Waals surface area contributed by atoms with Crippen molar-refractivity contribution in [1.29, 1.82) is 0 Å². The van der Waals surface area contributed by atoms with Gasteiger partial charge in [-0.25, -0.2) is 13.9 Å². The molecule has 11 heteroatoms. The zero-order valence-corrected chi connectivity index (χ0v) is 21.2. The first kappa shape index (κ1) is 31.8. The summed E-state index contributed by atoms with van der Waals surface area (Å²) in [5.74, 6) is 0.00217. The third-order valence-corrected chi connectivity index (χ3v) is 6.00. The number of hydrogen-bond donors (Lipinski definition) is 5. The largest absolute Gasteiger partial charge is 0.516 e. The summed E-state index contributed by atoms with van der Waals surface area (Å²) in [6, 6.07) is 3.41. The number of phosphoric acid groups is 1. The minimum Gasteiger partial charge on any atom is -0.507 e. The van der Waals surface area contributed by atoms with Gasteiger partial charge in [-0.3, -0.25) is 0 Å². The van der Waals surface area contributed by atoms with Crippen molar-refractivity contribution in [3.8, 4) is 11.5 Å². The molecule has 1 aliphatic rings. The molecule has 0 fully saturated rings. The van der Waals surface area contributed by atoms with Crippen molar-refractivity contribution in [3.63, 3.8) is 0 Å². The summed E-state index contributed by atoms with van der Waals surface area (Å²) in [5.41, 5.74) is 3.41. The highest BCUT2D eigenvalue weighted by Crippen LogP contribution is 2.47. The van der Waals surface area contributed by atoms with Gasteiger partial charge in [0, 0.05) is 11.5 Å². The van der Waals surface area contributed by atoms with Gasteiger partial charge in [0.05, 0.1) is 0 Å². The van der Waals surface area contributed by atoms with Crippen molar-refractivity contribution in [2.75, 3.05) is 6.79 Å². The second kappa shape index (κ2) is 14.3. The van der Waals surface area contributed by atoms with E-state index < -0.39 is 20.8 Å². The summed E-state index contributed by atoms with van der Waals surface area (Å²) >= 11 is 0. The standard InChI is InChI=1S/C23H33O8P.2H3N/c1-5-6-7-8-17-12-20(24)22(19-11-16(4)9-10-18(19)15(2)3)21(13-17)31-23(25)29-14-30-32(26,27)28;;/h11-13,18-19,24H,2,5-10,14H2,1,3-4H3,(H2,26,27,28);2*1H3/t18-,19+;;/m0../s1. The highest BCUT2D eigenvalue weighted by molar-refractivity contribution is 7.46. The van der Waals surface area contributed by atoms with Gasteiger partial charge < -0.3 is 36.7 Å². The summed E-state index contributed by atoms with van der Waals surface area (Å²) in [6.07, 6.45) is 6.36. The average molecular weight is 503 g/mol. The molecule has 0 aromatic heterocycles. The van der Waals surface area contributed by atoms with E-state index in [1.165, 1.54) is 5.57 Å². The van der Waals surface area contributed by atoms with Gasteiger partial charge in [0.2, 0.25) is 6.79 Å². The van der Waals surface area contributed by atoms with Gasteiger partial charge in [-0.1, -0.05) is 43.6 Å². The highest BCUT2D eigenvalue weighted by Gasteiger charge is 2.31. The summed E-state index contributed by atoms with van der Waals surface area (Å²) in [4.78, 5) is 29.7. The van der Waals surface area contributed by atoms with Crippen LogP contribution in [0.3, 0.4) is 0 Å². The Morgan fingerprint density at radius 2 is 1.91 bits per heavy atom. The fraction of sp³-hybridized carbons (Fsp3) is 0.522. The molecular formula is C23H39N2O8P. The number of unbranched alkanes of at least 4 members (excludes halogenated alkanes) is 2. The molecule has 10 nitrogen and oxygen atoms in total. The van der Waals surface area contributed by atoms with Crippen molar-refractivity contribution in [2.45, 2.75) is 65.2 Å². The maximum Gasteiger partial charge on any atom is 0.516 e. The van der Waals surface area contributed by atoms with Crippen LogP contribution in [0, 0.1) is 5.92 Å². The summed E-state index contributed by atoms with van der Waals surface area (Å²) < 4.78 is 24.9. The molecule has 0 saturated heterocycles. The highest BCUT2D eigenvalue weighted by atomic mass is 31.2. The van der Waals surface area contributed by atoms with E-state index in [-0.39, 0.29) is 35.6 Å². The number of rotatable bonds is 10. The lowest BCUT2D eigenvalue weighted by Gasteiger charge is -2.32. The molecule has 0 aliphatic heterocycles. The van der Waals surface area contributed by atoms with Crippen LogP contribution in [0.2, 0.25) is 0 Å². The van der Waals surface area contributed by atoms with Gasteiger partial charge in [0.15, 0.2) is 0 Å². The van der Waals surface area contributed by atoms with E-state index in [4.69, 9.17) is 14.5 Å². The van der Waals surface area contributed by atoms with Gasteiger partial charge in [0.25, 0.3) is 0 Å². The van der Waals surface area contributed by atoms with Crippen molar-refractivity contribution >= 4 is 14.0 Å². The lowest BCUT2D eigenvalue weighted by Crippen LogP contribution is -2.20. The maximum atomic E-state index is 12.2. The molecule has 1 aliphatic carbocycles. The van der Waals surface area contributed by atoms with E-state index >= 15 is 0 Å². The predicted octanol–water partition coefficient (Wildman–Crippen LogP) is 6.05. The van der Waals surface area contributed by atoms with Crippen LogP contribution in [0.15, 0.2) is 35.9 Å². The van der Waals surface area contributed by atoms with Crippen LogP contribution < -0.4 is 17.0 Å². The Bertz CT molecular complexity index is 912. The first-order chi connectivity index (χ1) is 15.0. The minimum atomic E-state index is -4.78. The van der Waals surface area contributed by atoms with Crippen LogP contribution in [-0.2, 0) is 20.2 Å². The molecule has 1 aromatic rings. The molecule has 0 saturated carbocycles. The van der Waals surface area contributed by atoms with Gasteiger partial charge in [-0.15, -0.1) is 0 Å². The Morgan fingerprint density at radius 3 is 2.50 bits per heavy atom. The number of carbonyl (C=O) groups excluding carboxylic acids is 1. The average Bonchev–Trinajstić information content (AvgIpc) is 2.66. The molecule has 1 aromatic carbocycles. The Kier molecular flexibility index (Phi) is 13.3. The Labute approximate surface area is 201 Å². The second-order valence-corrected chi connectivity index (χ2v) is 9.49. The molecule has 0 bridgehead atoms. The Hall–Kier alpha value is -2.20.